The average Bonchev–Trinajstić information content (AvgIpc) is 0.722. The number of aliphatic hydroxyl groups is 1. The molecule has 0 saturated heterocycles. The Balaban J connectivity index is 0. The highest BCUT2D eigenvalue weighted by atomic mass is 127. The molecule has 0 aliphatic heterocycles. The highest BCUT2D eigenvalue weighted by molar-refractivity contribution is 14.2. The van der Waals surface area contributed by atoms with Crippen LogP contribution in [0.15, 0.2) is 0 Å². The second-order valence-corrected chi connectivity index (χ2v) is 7.11. The summed E-state index contributed by atoms with van der Waals surface area (Å²) >= 11 is 3.84. The summed E-state index contributed by atoms with van der Waals surface area (Å²) in [5.74, 6) is 0. The van der Waals surface area contributed by atoms with E-state index >= 15 is 0 Å². The van der Waals surface area contributed by atoms with Gasteiger partial charge in [-0.05, 0) is 52.1 Å². The van der Waals surface area contributed by atoms with E-state index in [1.54, 1.807) is 6.92 Å². The van der Waals surface area contributed by atoms with Crippen molar-refractivity contribution in [2.24, 2.45) is 0 Å². The fourth-order valence-corrected chi connectivity index (χ4v) is 0. The molecule has 0 bridgehead atoms. The zero-order chi connectivity index (χ0) is 4.50. The monoisotopic (exact) mass is 426 g/mol. The molecular weight excluding hydrogens is 421 g/mol. The van der Waals surface area contributed by atoms with Crippen LogP contribution in [0.1, 0.15) is 6.92 Å². The molecule has 6 heavy (non-hydrogen) atoms. The van der Waals surface area contributed by atoms with Crippen molar-refractivity contribution in [3.63, 3.8) is 0 Å². The minimum Gasteiger partial charge on any atom is -0.371 e. The average molecular weight is 426 g/mol. The lowest BCUT2D eigenvalue weighted by atomic mass is 10.9. The molecule has 0 radical (unpaired) electrons. The van der Waals surface area contributed by atoms with E-state index in [4.69, 9.17) is 5.11 Å². The molecule has 40 valence electrons. The van der Waals surface area contributed by atoms with E-state index in [0.717, 1.165) is 0 Å². The molecular formula is C2H5I3O. The molecule has 0 saturated carbocycles. The molecule has 1 nitrogen and oxygen atoms in total. The van der Waals surface area contributed by atoms with Gasteiger partial charge in [0.1, 0.15) is 0 Å². The molecule has 0 heterocycles. The van der Waals surface area contributed by atoms with Crippen molar-refractivity contribution < 1.29 is 5.11 Å². The molecule has 4 heteroatoms. The fourth-order valence-electron chi connectivity index (χ4n) is 0. The summed E-state index contributed by atoms with van der Waals surface area (Å²) in [6, 6.07) is 0. The molecule has 0 rings (SSSR count). The van der Waals surface area contributed by atoms with Crippen LogP contribution in [0.5, 0.6) is 0 Å². The molecule has 0 spiro atoms. The first-order valence-electron chi connectivity index (χ1n) is 1.10. The SMILES string of the molecule is CC(O)(I)I.I. The smallest absolute Gasteiger partial charge is 0.163 e. The zero-order valence-electron chi connectivity index (χ0n) is 3.11. The van der Waals surface area contributed by atoms with Crippen LogP contribution >= 0.6 is 69.2 Å². The maximum Gasteiger partial charge on any atom is 0.163 e. The molecule has 0 aromatic heterocycles. The predicted molar refractivity (Wildman–Crippen MR) is 54.1 cm³/mol. The lowest BCUT2D eigenvalue weighted by Crippen LogP contribution is -1.97. The highest BCUT2D eigenvalue weighted by Crippen LogP contribution is 2.20. The van der Waals surface area contributed by atoms with E-state index in [1.807, 2.05) is 45.2 Å². The largest absolute Gasteiger partial charge is 0.371 e. The van der Waals surface area contributed by atoms with Crippen molar-refractivity contribution in [2.45, 2.75) is 8.54 Å². The van der Waals surface area contributed by atoms with Gasteiger partial charge in [0.15, 0.2) is 1.61 Å². The minimum absolute atomic E-state index is 0. The van der Waals surface area contributed by atoms with Gasteiger partial charge in [0.05, 0.1) is 0 Å². The molecule has 0 amide bonds. The Morgan fingerprint density at radius 1 is 1.50 bits per heavy atom. The van der Waals surface area contributed by atoms with Gasteiger partial charge in [-0.2, -0.15) is 0 Å². The summed E-state index contributed by atoms with van der Waals surface area (Å²) in [6.45, 7) is 1.72. The lowest BCUT2D eigenvalue weighted by Gasteiger charge is -1.99. The molecule has 0 fully saturated rings. The standard InChI is InChI=1S/C2H4I2O.HI/c1-2(3,4)5;/h5H,1H3;1H. The van der Waals surface area contributed by atoms with E-state index in [-0.39, 0.29) is 24.0 Å². The maximum atomic E-state index is 8.49. The van der Waals surface area contributed by atoms with E-state index in [1.165, 1.54) is 0 Å². The minimum atomic E-state index is -0.560. The molecule has 0 atom stereocenters. The molecule has 0 unspecified atom stereocenters. The second kappa shape index (κ2) is 4.07. The van der Waals surface area contributed by atoms with Crippen molar-refractivity contribution in [1.82, 2.24) is 0 Å². The van der Waals surface area contributed by atoms with Crippen LogP contribution in [0.3, 0.4) is 0 Å². The first kappa shape index (κ1) is 11.0. The van der Waals surface area contributed by atoms with E-state index in [2.05, 4.69) is 0 Å². The normalized spacial score (nSPS) is 10.0. The fraction of sp³-hybridized carbons (Fsp3) is 1.00. The maximum absolute atomic E-state index is 8.49. The van der Waals surface area contributed by atoms with Crippen molar-refractivity contribution in [3.05, 3.63) is 0 Å². The van der Waals surface area contributed by atoms with Crippen LogP contribution in [0.2, 0.25) is 0 Å². The van der Waals surface area contributed by atoms with Crippen LogP contribution in [-0.2, 0) is 0 Å². The van der Waals surface area contributed by atoms with Gasteiger partial charge in [-0.25, -0.2) is 0 Å². The van der Waals surface area contributed by atoms with Gasteiger partial charge in [0, 0.05) is 0 Å². The quantitative estimate of drug-likeness (QED) is 0.466. The van der Waals surface area contributed by atoms with Crippen LogP contribution in [0.25, 0.3) is 0 Å². The molecule has 0 aliphatic rings. The highest BCUT2D eigenvalue weighted by Gasteiger charge is 2.03. The third kappa shape index (κ3) is 35.3. The van der Waals surface area contributed by atoms with Gasteiger partial charge in [0.25, 0.3) is 0 Å². The summed E-state index contributed by atoms with van der Waals surface area (Å²) in [6.07, 6.45) is 0. The Morgan fingerprint density at radius 2 is 1.50 bits per heavy atom. The Bertz CT molecular complexity index is 24.3. The van der Waals surface area contributed by atoms with Gasteiger partial charge in [-0.3, -0.25) is 0 Å². The molecule has 1 N–H and O–H groups in total. The summed E-state index contributed by atoms with van der Waals surface area (Å²) < 4.78 is -0.560. The Labute approximate surface area is 81.6 Å². The third-order valence-electron chi connectivity index (χ3n) is 0. The number of halogens is 3. The zero-order valence-corrected chi connectivity index (χ0v) is 9.76. The Hall–Kier alpha value is 2.15. The van der Waals surface area contributed by atoms with Crippen LogP contribution < -0.4 is 0 Å². The third-order valence-corrected chi connectivity index (χ3v) is 0. The number of hydrogen-bond donors (Lipinski definition) is 1. The van der Waals surface area contributed by atoms with Crippen LogP contribution in [0, 0.1) is 0 Å². The summed E-state index contributed by atoms with van der Waals surface area (Å²) in [7, 11) is 0. The topological polar surface area (TPSA) is 20.2 Å². The number of hydrogen-bond acceptors (Lipinski definition) is 1. The van der Waals surface area contributed by atoms with Crippen molar-refractivity contribution in [1.29, 1.82) is 0 Å². The summed E-state index contributed by atoms with van der Waals surface area (Å²) in [5, 5.41) is 8.49. The molecule has 0 aromatic carbocycles. The van der Waals surface area contributed by atoms with Gasteiger partial charge in [-0.15, -0.1) is 24.0 Å². The van der Waals surface area contributed by atoms with Crippen molar-refractivity contribution >= 4 is 69.2 Å². The summed E-state index contributed by atoms with van der Waals surface area (Å²) in [4.78, 5) is 0. The lowest BCUT2D eigenvalue weighted by molar-refractivity contribution is 0.284. The van der Waals surface area contributed by atoms with Crippen molar-refractivity contribution in [3.8, 4) is 0 Å². The first-order chi connectivity index (χ1) is 2.00. The van der Waals surface area contributed by atoms with Gasteiger partial charge >= 0.3 is 0 Å². The molecule has 0 aliphatic carbocycles. The van der Waals surface area contributed by atoms with Gasteiger partial charge < -0.3 is 5.11 Å². The van der Waals surface area contributed by atoms with E-state index in [9.17, 15) is 0 Å². The van der Waals surface area contributed by atoms with Crippen molar-refractivity contribution in [2.75, 3.05) is 0 Å². The Morgan fingerprint density at radius 3 is 1.50 bits per heavy atom. The van der Waals surface area contributed by atoms with E-state index in [0.29, 0.717) is 0 Å². The summed E-state index contributed by atoms with van der Waals surface area (Å²) in [5.41, 5.74) is 0. The van der Waals surface area contributed by atoms with E-state index < -0.39 is 1.61 Å². The number of alkyl halides is 2. The number of rotatable bonds is 0. The first-order valence-corrected chi connectivity index (χ1v) is 3.26. The van der Waals surface area contributed by atoms with Gasteiger partial charge in [-0.1, -0.05) is 0 Å². The molecule has 0 aromatic rings. The second-order valence-electron chi connectivity index (χ2n) is 0.842. The van der Waals surface area contributed by atoms with Crippen LogP contribution in [-0.4, -0.2) is 6.72 Å². The van der Waals surface area contributed by atoms with Crippen LogP contribution in [0.4, 0.5) is 0 Å². The van der Waals surface area contributed by atoms with Gasteiger partial charge in [0.2, 0.25) is 0 Å². The Kier molecular flexibility index (Phi) is 7.47. The predicted octanol–water partition coefficient (Wildman–Crippen LogP) is 2.14.